The van der Waals surface area contributed by atoms with E-state index in [0.717, 1.165) is 19.0 Å². The maximum Gasteiger partial charge on any atom is 0.0794 e. The van der Waals surface area contributed by atoms with Crippen molar-refractivity contribution in [2.24, 2.45) is 5.92 Å². The Balaban J connectivity index is 1.48. The van der Waals surface area contributed by atoms with E-state index in [0.29, 0.717) is 0 Å². The molecule has 1 aliphatic rings. The van der Waals surface area contributed by atoms with Gasteiger partial charge in [-0.25, -0.2) is 0 Å². The van der Waals surface area contributed by atoms with Crippen molar-refractivity contribution in [2.75, 3.05) is 19.6 Å². The number of aromatic nitrogens is 1. The molecule has 1 aliphatic heterocycles. The van der Waals surface area contributed by atoms with Crippen molar-refractivity contribution in [3.63, 3.8) is 0 Å². The topological polar surface area (TPSA) is 37.0 Å². The fourth-order valence-corrected chi connectivity index (χ4v) is 2.79. The Kier molecular flexibility index (Phi) is 5.25. The van der Waals surface area contributed by atoms with Gasteiger partial charge in [0, 0.05) is 17.6 Å². The van der Waals surface area contributed by atoms with E-state index in [1.54, 1.807) is 11.3 Å². The van der Waals surface area contributed by atoms with Crippen LogP contribution < -0.4 is 10.6 Å². The Morgan fingerprint density at radius 3 is 3.31 bits per heavy atom. The molecular weight excluding hydrogens is 218 g/mol. The molecule has 1 aromatic rings. The van der Waals surface area contributed by atoms with Crippen LogP contribution in [0.2, 0.25) is 0 Å². The van der Waals surface area contributed by atoms with Gasteiger partial charge in [0.2, 0.25) is 0 Å². The second kappa shape index (κ2) is 6.99. The highest BCUT2D eigenvalue weighted by molar-refractivity contribution is 7.09. The zero-order valence-electron chi connectivity index (χ0n) is 9.74. The molecule has 1 aromatic heterocycles. The van der Waals surface area contributed by atoms with E-state index >= 15 is 0 Å². The summed E-state index contributed by atoms with van der Waals surface area (Å²) < 4.78 is 0. The minimum atomic E-state index is 0.916. The lowest BCUT2D eigenvalue weighted by Crippen LogP contribution is -2.30. The zero-order valence-corrected chi connectivity index (χ0v) is 10.6. The fraction of sp³-hybridized carbons (Fsp3) is 0.750. The number of rotatable bonds is 6. The molecule has 90 valence electrons. The van der Waals surface area contributed by atoms with Crippen LogP contribution in [0.25, 0.3) is 0 Å². The number of hydrogen-bond acceptors (Lipinski definition) is 4. The Hall–Kier alpha value is -0.450. The molecule has 0 amide bonds. The normalized spacial score (nSPS) is 21.1. The molecular formula is C12H21N3S. The molecule has 0 aromatic carbocycles. The molecule has 1 atom stereocenters. The van der Waals surface area contributed by atoms with Gasteiger partial charge < -0.3 is 10.6 Å². The number of nitrogens with one attached hydrogen (secondary N) is 2. The minimum Gasteiger partial charge on any atom is -0.316 e. The van der Waals surface area contributed by atoms with E-state index in [4.69, 9.17) is 0 Å². The van der Waals surface area contributed by atoms with Crippen molar-refractivity contribution in [1.82, 2.24) is 15.6 Å². The lowest BCUT2D eigenvalue weighted by atomic mass is 9.95. The van der Waals surface area contributed by atoms with Gasteiger partial charge in [0.1, 0.15) is 0 Å². The van der Waals surface area contributed by atoms with Gasteiger partial charge in [0.15, 0.2) is 0 Å². The summed E-state index contributed by atoms with van der Waals surface area (Å²) in [6.07, 6.45) is 7.39. The molecule has 0 radical (unpaired) electrons. The first-order valence-corrected chi connectivity index (χ1v) is 7.12. The summed E-state index contributed by atoms with van der Waals surface area (Å²) in [5, 5.41) is 6.95. The number of piperidine rings is 1. The van der Waals surface area contributed by atoms with Crippen LogP contribution in [0.5, 0.6) is 0 Å². The molecule has 1 fully saturated rings. The zero-order chi connectivity index (χ0) is 11.1. The van der Waals surface area contributed by atoms with E-state index < -0.39 is 0 Å². The lowest BCUT2D eigenvalue weighted by molar-refractivity contribution is 0.348. The molecule has 2 N–H and O–H groups in total. The molecule has 16 heavy (non-hydrogen) atoms. The Morgan fingerprint density at radius 2 is 2.56 bits per heavy atom. The molecule has 1 saturated heterocycles. The van der Waals surface area contributed by atoms with Crippen LogP contribution in [-0.4, -0.2) is 24.6 Å². The van der Waals surface area contributed by atoms with Crippen molar-refractivity contribution in [3.05, 3.63) is 16.6 Å². The van der Waals surface area contributed by atoms with Crippen molar-refractivity contribution in [2.45, 2.75) is 32.2 Å². The van der Waals surface area contributed by atoms with Crippen molar-refractivity contribution in [1.29, 1.82) is 0 Å². The quantitative estimate of drug-likeness (QED) is 0.746. The molecule has 4 heteroatoms. The molecule has 2 heterocycles. The summed E-state index contributed by atoms with van der Waals surface area (Å²) >= 11 is 1.73. The average molecular weight is 239 g/mol. The third kappa shape index (κ3) is 4.20. The van der Waals surface area contributed by atoms with Gasteiger partial charge in [-0.1, -0.05) is 0 Å². The van der Waals surface area contributed by atoms with E-state index in [2.05, 4.69) is 15.6 Å². The van der Waals surface area contributed by atoms with Crippen LogP contribution in [0.4, 0.5) is 0 Å². The molecule has 0 aliphatic carbocycles. The van der Waals surface area contributed by atoms with Crippen LogP contribution in [-0.2, 0) is 6.54 Å². The second-order valence-electron chi connectivity index (χ2n) is 4.50. The standard InChI is InChI=1S/C12H21N3S/c1-3-11(7-13-5-1)4-2-6-14-8-12-9-15-10-16-12/h9-11,13-14H,1-8H2. The highest BCUT2D eigenvalue weighted by atomic mass is 32.1. The van der Waals surface area contributed by atoms with Crippen LogP contribution in [0, 0.1) is 5.92 Å². The molecule has 0 saturated carbocycles. The van der Waals surface area contributed by atoms with Gasteiger partial charge in [-0.2, -0.15) is 0 Å². The Labute approximate surface area is 102 Å². The summed E-state index contributed by atoms with van der Waals surface area (Å²) in [6, 6.07) is 0. The van der Waals surface area contributed by atoms with Gasteiger partial charge in [-0.15, -0.1) is 11.3 Å². The lowest BCUT2D eigenvalue weighted by Gasteiger charge is -2.22. The highest BCUT2D eigenvalue weighted by Gasteiger charge is 2.11. The summed E-state index contributed by atoms with van der Waals surface area (Å²) in [5.74, 6) is 0.916. The summed E-state index contributed by atoms with van der Waals surface area (Å²) in [4.78, 5) is 5.40. The second-order valence-corrected chi connectivity index (χ2v) is 5.47. The van der Waals surface area contributed by atoms with Gasteiger partial charge in [0.25, 0.3) is 0 Å². The first kappa shape index (κ1) is 12.0. The van der Waals surface area contributed by atoms with Crippen molar-refractivity contribution in [3.8, 4) is 0 Å². The molecule has 0 spiro atoms. The molecule has 2 rings (SSSR count). The predicted molar refractivity (Wildman–Crippen MR) is 68.6 cm³/mol. The van der Waals surface area contributed by atoms with E-state index in [1.165, 1.54) is 43.6 Å². The first-order valence-electron chi connectivity index (χ1n) is 6.24. The van der Waals surface area contributed by atoms with Crippen molar-refractivity contribution < 1.29 is 0 Å². The minimum absolute atomic E-state index is 0.916. The van der Waals surface area contributed by atoms with Gasteiger partial charge in [0.05, 0.1) is 5.51 Å². The van der Waals surface area contributed by atoms with Crippen molar-refractivity contribution >= 4 is 11.3 Å². The van der Waals surface area contributed by atoms with Gasteiger partial charge in [-0.05, 0) is 51.2 Å². The summed E-state index contributed by atoms with van der Waals surface area (Å²) in [7, 11) is 0. The number of nitrogens with zero attached hydrogens (tertiary/aromatic N) is 1. The van der Waals surface area contributed by atoms with Crippen LogP contribution in [0.15, 0.2) is 11.7 Å². The fourth-order valence-electron chi connectivity index (χ4n) is 2.23. The van der Waals surface area contributed by atoms with Crippen LogP contribution in [0.3, 0.4) is 0 Å². The average Bonchev–Trinajstić information content (AvgIpc) is 2.83. The molecule has 3 nitrogen and oxygen atoms in total. The summed E-state index contributed by atoms with van der Waals surface area (Å²) in [6.45, 7) is 4.57. The molecule has 1 unspecified atom stereocenters. The Morgan fingerprint density at radius 1 is 1.56 bits per heavy atom. The largest absolute Gasteiger partial charge is 0.316 e. The van der Waals surface area contributed by atoms with E-state index in [-0.39, 0.29) is 0 Å². The maximum atomic E-state index is 4.06. The maximum absolute atomic E-state index is 4.06. The smallest absolute Gasteiger partial charge is 0.0794 e. The van der Waals surface area contributed by atoms with Gasteiger partial charge >= 0.3 is 0 Å². The summed E-state index contributed by atoms with van der Waals surface area (Å²) in [5.41, 5.74) is 1.89. The van der Waals surface area contributed by atoms with E-state index in [9.17, 15) is 0 Å². The predicted octanol–water partition coefficient (Wildman–Crippen LogP) is 2.01. The van der Waals surface area contributed by atoms with Gasteiger partial charge in [-0.3, -0.25) is 4.98 Å². The monoisotopic (exact) mass is 239 g/mol. The number of hydrogen-bond donors (Lipinski definition) is 2. The SMILES string of the molecule is c1ncc(CNCCCC2CCCNC2)s1. The number of thiazole rings is 1. The third-order valence-electron chi connectivity index (χ3n) is 3.15. The third-order valence-corrected chi connectivity index (χ3v) is 3.93. The van der Waals surface area contributed by atoms with E-state index in [1.807, 2.05) is 11.7 Å². The highest BCUT2D eigenvalue weighted by Crippen LogP contribution is 2.15. The van der Waals surface area contributed by atoms with Crippen LogP contribution in [0.1, 0.15) is 30.6 Å². The Bertz CT molecular complexity index is 268. The molecule has 0 bridgehead atoms. The van der Waals surface area contributed by atoms with Crippen LogP contribution >= 0.6 is 11.3 Å². The first-order chi connectivity index (χ1) is 7.95.